The number of anilines is 1. The van der Waals surface area contributed by atoms with Crippen molar-refractivity contribution in [1.29, 1.82) is 0 Å². The molecule has 0 radical (unpaired) electrons. The number of aryl methyl sites for hydroxylation is 2. The Labute approximate surface area is 129 Å². The lowest BCUT2D eigenvalue weighted by Gasteiger charge is -2.19. The van der Waals surface area contributed by atoms with Gasteiger partial charge in [-0.2, -0.15) is 0 Å². The van der Waals surface area contributed by atoms with Gasteiger partial charge in [0.2, 0.25) is 5.91 Å². The van der Waals surface area contributed by atoms with Gasteiger partial charge >= 0.3 is 0 Å². The summed E-state index contributed by atoms with van der Waals surface area (Å²) in [5, 5.41) is 3.12. The Morgan fingerprint density at radius 2 is 1.76 bits per heavy atom. The molecule has 0 aliphatic heterocycles. The molecule has 0 saturated heterocycles. The number of nitrogens with one attached hydrogen (secondary N) is 1. The van der Waals surface area contributed by atoms with E-state index >= 15 is 0 Å². The number of hydrogen-bond acceptors (Lipinski definition) is 2. The van der Waals surface area contributed by atoms with E-state index in [2.05, 4.69) is 51.2 Å². The fourth-order valence-electron chi connectivity index (χ4n) is 2.79. The molecule has 1 atom stereocenters. The van der Waals surface area contributed by atoms with Crippen LogP contribution in [0.5, 0.6) is 0 Å². The molecule has 0 spiro atoms. The average Bonchev–Trinajstić information content (AvgIpc) is 2.46. The SMILES string of the molecule is CCc1cccc(CC)c1NC(=O)C[C@@H](CN)CC(C)C. The molecule has 0 aliphatic rings. The minimum absolute atomic E-state index is 0.0849. The monoisotopic (exact) mass is 290 g/mol. The largest absolute Gasteiger partial charge is 0.330 e. The maximum atomic E-state index is 12.3. The zero-order valence-electron chi connectivity index (χ0n) is 13.9. The summed E-state index contributed by atoms with van der Waals surface area (Å²) < 4.78 is 0. The lowest BCUT2D eigenvalue weighted by Crippen LogP contribution is -2.24. The molecule has 3 nitrogen and oxygen atoms in total. The summed E-state index contributed by atoms with van der Waals surface area (Å²) in [6.07, 6.45) is 3.36. The molecule has 1 rings (SSSR count). The average molecular weight is 290 g/mol. The number of hydrogen-bond donors (Lipinski definition) is 2. The molecule has 0 heterocycles. The lowest BCUT2D eigenvalue weighted by atomic mass is 9.93. The van der Waals surface area contributed by atoms with Gasteiger partial charge in [-0.25, -0.2) is 0 Å². The molecule has 3 heteroatoms. The van der Waals surface area contributed by atoms with Crippen molar-refractivity contribution in [3.05, 3.63) is 29.3 Å². The number of carbonyl (C=O) groups excluding carboxylic acids is 1. The van der Waals surface area contributed by atoms with Gasteiger partial charge in [0.1, 0.15) is 0 Å². The number of benzene rings is 1. The van der Waals surface area contributed by atoms with Crippen LogP contribution >= 0.6 is 0 Å². The highest BCUT2D eigenvalue weighted by Gasteiger charge is 2.16. The van der Waals surface area contributed by atoms with E-state index in [0.29, 0.717) is 18.9 Å². The van der Waals surface area contributed by atoms with Gasteiger partial charge in [0.15, 0.2) is 0 Å². The minimum Gasteiger partial charge on any atom is -0.330 e. The number of amides is 1. The van der Waals surface area contributed by atoms with Crippen molar-refractivity contribution >= 4 is 11.6 Å². The van der Waals surface area contributed by atoms with Gasteiger partial charge in [0, 0.05) is 12.1 Å². The summed E-state index contributed by atoms with van der Waals surface area (Å²) in [4.78, 5) is 12.3. The van der Waals surface area contributed by atoms with Gasteiger partial charge in [-0.15, -0.1) is 0 Å². The first kappa shape index (κ1) is 17.7. The van der Waals surface area contributed by atoms with Crippen LogP contribution in [0.4, 0.5) is 5.69 Å². The fourth-order valence-corrected chi connectivity index (χ4v) is 2.79. The molecule has 0 aromatic heterocycles. The molecule has 0 bridgehead atoms. The van der Waals surface area contributed by atoms with Gasteiger partial charge in [0.25, 0.3) is 0 Å². The van der Waals surface area contributed by atoms with Crippen LogP contribution < -0.4 is 11.1 Å². The molecular weight excluding hydrogens is 260 g/mol. The third-order valence-corrected chi connectivity index (χ3v) is 3.88. The van der Waals surface area contributed by atoms with E-state index in [4.69, 9.17) is 5.73 Å². The van der Waals surface area contributed by atoms with Crippen LogP contribution in [0.15, 0.2) is 18.2 Å². The first-order valence-electron chi connectivity index (χ1n) is 8.12. The van der Waals surface area contributed by atoms with Crippen LogP contribution in [0.1, 0.15) is 51.7 Å². The van der Waals surface area contributed by atoms with Crippen molar-refractivity contribution in [2.45, 2.75) is 53.4 Å². The molecule has 118 valence electrons. The lowest BCUT2D eigenvalue weighted by molar-refractivity contribution is -0.117. The number of rotatable bonds is 8. The van der Waals surface area contributed by atoms with E-state index < -0.39 is 0 Å². The van der Waals surface area contributed by atoms with Crippen molar-refractivity contribution < 1.29 is 4.79 Å². The van der Waals surface area contributed by atoms with Crippen molar-refractivity contribution in [3.8, 4) is 0 Å². The molecule has 0 aliphatic carbocycles. The molecule has 0 fully saturated rings. The van der Waals surface area contributed by atoms with E-state index in [1.165, 1.54) is 11.1 Å². The molecule has 0 saturated carbocycles. The highest BCUT2D eigenvalue weighted by Crippen LogP contribution is 2.23. The van der Waals surface area contributed by atoms with Crippen LogP contribution in [0.25, 0.3) is 0 Å². The number of para-hydroxylation sites is 1. The van der Waals surface area contributed by atoms with Gasteiger partial charge in [-0.1, -0.05) is 45.9 Å². The van der Waals surface area contributed by atoms with Gasteiger partial charge in [-0.05, 0) is 48.8 Å². The van der Waals surface area contributed by atoms with Crippen LogP contribution in [-0.4, -0.2) is 12.5 Å². The Kier molecular flexibility index (Phi) is 7.44. The number of carbonyl (C=O) groups is 1. The van der Waals surface area contributed by atoms with Crippen LogP contribution in [0, 0.1) is 11.8 Å². The van der Waals surface area contributed by atoms with Crippen molar-refractivity contribution in [2.75, 3.05) is 11.9 Å². The predicted molar refractivity (Wildman–Crippen MR) is 90.4 cm³/mol. The second-order valence-electron chi connectivity index (χ2n) is 6.14. The van der Waals surface area contributed by atoms with Gasteiger partial charge < -0.3 is 11.1 Å². The Hall–Kier alpha value is -1.35. The maximum Gasteiger partial charge on any atom is 0.224 e. The van der Waals surface area contributed by atoms with E-state index in [1.807, 2.05) is 0 Å². The second-order valence-corrected chi connectivity index (χ2v) is 6.14. The predicted octanol–water partition coefficient (Wildman–Crippen LogP) is 3.76. The Morgan fingerprint density at radius 3 is 2.19 bits per heavy atom. The summed E-state index contributed by atoms with van der Waals surface area (Å²) in [6.45, 7) is 9.14. The van der Waals surface area contributed by atoms with E-state index in [1.54, 1.807) is 0 Å². The summed E-state index contributed by atoms with van der Waals surface area (Å²) in [6, 6.07) is 6.24. The summed E-state index contributed by atoms with van der Waals surface area (Å²) in [7, 11) is 0. The molecule has 1 amide bonds. The molecular formula is C18H30N2O. The third-order valence-electron chi connectivity index (χ3n) is 3.88. The second kappa shape index (κ2) is 8.83. The zero-order chi connectivity index (χ0) is 15.8. The van der Waals surface area contributed by atoms with E-state index in [9.17, 15) is 4.79 Å². The normalized spacial score (nSPS) is 12.5. The van der Waals surface area contributed by atoms with Crippen molar-refractivity contribution in [2.24, 2.45) is 17.6 Å². The Balaban J connectivity index is 2.78. The molecule has 1 aromatic carbocycles. The van der Waals surface area contributed by atoms with Gasteiger partial charge in [0.05, 0.1) is 0 Å². The van der Waals surface area contributed by atoms with Crippen LogP contribution in [-0.2, 0) is 17.6 Å². The smallest absolute Gasteiger partial charge is 0.224 e. The summed E-state index contributed by atoms with van der Waals surface area (Å²) >= 11 is 0. The first-order valence-corrected chi connectivity index (χ1v) is 8.12. The molecule has 1 aromatic rings. The highest BCUT2D eigenvalue weighted by molar-refractivity contribution is 5.92. The quantitative estimate of drug-likeness (QED) is 0.766. The molecule has 0 unspecified atom stereocenters. The summed E-state index contributed by atoms with van der Waals surface area (Å²) in [5.74, 6) is 0.922. The first-order chi connectivity index (χ1) is 10.0. The topological polar surface area (TPSA) is 55.1 Å². The fraction of sp³-hybridized carbons (Fsp3) is 0.611. The molecule has 21 heavy (non-hydrogen) atoms. The summed E-state index contributed by atoms with van der Waals surface area (Å²) in [5.41, 5.74) is 9.21. The maximum absolute atomic E-state index is 12.3. The molecule has 3 N–H and O–H groups in total. The third kappa shape index (κ3) is 5.50. The van der Waals surface area contributed by atoms with Crippen molar-refractivity contribution in [3.63, 3.8) is 0 Å². The van der Waals surface area contributed by atoms with E-state index in [0.717, 1.165) is 24.9 Å². The van der Waals surface area contributed by atoms with Crippen LogP contribution in [0.2, 0.25) is 0 Å². The Bertz CT molecular complexity index is 432. The Morgan fingerprint density at radius 1 is 1.19 bits per heavy atom. The zero-order valence-corrected chi connectivity index (χ0v) is 13.9. The van der Waals surface area contributed by atoms with Crippen LogP contribution in [0.3, 0.4) is 0 Å². The standard InChI is InChI=1S/C18H30N2O/c1-5-15-8-7-9-16(6-2)18(15)20-17(21)11-14(12-19)10-13(3)4/h7-9,13-14H,5-6,10-12,19H2,1-4H3,(H,20,21)/t14-/m0/s1. The highest BCUT2D eigenvalue weighted by atomic mass is 16.1. The number of nitrogens with two attached hydrogens (primary N) is 1. The van der Waals surface area contributed by atoms with Crippen molar-refractivity contribution in [1.82, 2.24) is 0 Å². The van der Waals surface area contributed by atoms with E-state index in [-0.39, 0.29) is 11.8 Å². The minimum atomic E-state index is 0.0849. The van der Waals surface area contributed by atoms with Gasteiger partial charge in [-0.3, -0.25) is 4.79 Å².